The van der Waals surface area contributed by atoms with Crippen LogP contribution in [0.3, 0.4) is 0 Å². The highest BCUT2D eigenvalue weighted by Crippen LogP contribution is 2.35. The van der Waals surface area contributed by atoms with Crippen molar-refractivity contribution in [3.63, 3.8) is 0 Å². The number of aromatic nitrogens is 1. The molecule has 4 rings (SSSR count). The van der Waals surface area contributed by atoms with Crippen LogP contribution in [0, 0.1) is 5.92 Å². The first-order valence-electron chi connectivity index (χ1n) is 12.3. The Bertz CT molecular complexity index is 1150. The van der Waals surface area contributed by atoms with Gasteiger partial charge in [-0.25, -0.2) is 0 Å². The largest absolute Gasteiger partial charge is 0.466 e. The summed E-state index contributed by atoms with van der Waals surface area (Å²) in [6.45, 7) is 3.46. The van der Waals surface area contributed by atoms with E-state index in [0.717, 1.165) is 29.5 Å². The maximum atomic E-state index is 13.4. The Labute approximate surface area is 207 Å². The summed E-state index contributed by atoms with van der Waals surface area (Å²) in [5, 5.41) is 0. The van der Waals surface area contributed by atoms with E-state index in [1.165, 1.54) is 5.56 Å². The molecule has 0 radical (unpaired) electrons. The molecule has 2 heterocycles. The van der Waals surface area contributed by atoms with E-state index >= 15 is 0 Å². The molecule has 1 saturated heterocycles. The molecule has 1 aliphatic heterocycles. The van der Waals surface area contributed by atoms with Gasteiger partial charge < -0.3 is 15.4 Å². The summed E-state index contributed by atoms with van der Waals surface area (Å²) in [6.07, 6.45) is 5.81. The summed E-state index contributed by atoms with van der Waals surface area (Å²) in [5.41, 5.74) is 10.8. The molecule has 0 aliphatic carbocycles. The van der Waals surface area contributed by atoms with E-state index in [2.05, 4.69) is 23.2 Å². The van der Waals surface area contributed by atoms with Crippen LogP contribution in [0.4, 0.5) is 0 Å². The Hall–Kier alpha value is -3.51. The molecule has 0 saturated carbocycles. The van der Waals surface area contributed by atoms with E-state index < -0.39 is 5.92 Å². The Kier molecular flexibility index (Phi) is 8.27. The summed E-state index contributed by atoms with van der Waals surface area (Å²) < 4.78 is 5.40. The third-order valence-corrected chi connectivity index (χ3v) is 6.69. The number of hydrogen-bond donors (Lipinski definition) is 1. The first kappa shape index (κ1) is 24.6. The van der Waals surface area contributed by atoms with E-state index in [-0.39, 0.29) is 17.8 Å². The minimum absolute atomic E-state index is 0.0140. The Morgan fingerprint density at radius 2 is 1.77 bits per heavy atom. The molecule has 1 aliphatic rings. The molecule has 2 N–H and O–H groups in total. The molecule has 6 heteroatoms. The van der Waals surface area contributed by atoms with E-state index in [1.54, 1.807) is 18.0 Å². The summed E-state index contributed by atoms with van der Waals surface area (Å²) in [4.78, 5) is 32.4. The van der Waals surface area contributed by atoms with Crippen molar-refractivity contribution in [1.82, 2.24) is 9.88 Å². The average molecular weight is 472 g/mol. The van der Waals surface area contributed by atoms with Crippen LogP contribution < -0.4 is 5.73 Å². The summed E-state index contributed by atoms with van der Waals surface area (Å²) >= 11 is 0. The van der Waals surface area contributed by atoms with Crippen molar-refractivity contribution in [3.05, 3.63) is 101 Å². The number of piperidine rings is 1. The number of benzene rings is 2. The van der Waals surface area contributed by atoms with Crippen molar-refractivity contribution in [1.29, 1.82) is 0 Å². The van der Waals surface area contributed by atoms with Crippen molar-refractivity contribution in [2.75, 3.05) is 19.7 Å². The lowest BCUT2D eigenvalue weighted by Gasteiger charge is -2.37. The fourth-order valence-electron chi connectivity index (χ4n) is 4.83. The van der Waals surface area contributed by atoms with Gasteiger partial charge in [-0.3, -0.25) is 14.6 Å². The minimum Gasteiger partial charge on any atom is -0.466 e. The lowest BCUT2D eigenvalue weighted by molar-refractivity contribution is -0.150. The van der Waals surface area contributed by atoms with Crippen molar-refractivity contribution in [2.24, 2.45) is 11.7 Å². The molecule has 2 aromatic carbocycles. The summed E-state index contributed by atoms with van der Waals surface area (Å²) in [7, 11) is 0. The van der Waals surface area contributed by atoms with Crippen molar-refractivity contribution >= 4 is 11.9 Å². The predicted octanol–water partition coefficient (Wildman–Crippen LogP) is 4.13. The number of carbonyl (C=O) groups is 2. The quantitative estimate of drug-likeness (QED) is 0.499. The number of likely N-dealkylation sites (tertiary alicyclic amines) is 1. The van der Waals surface area contributed by atoms with Crippen LogP contribution >= 0.6 is 0 Å². The molecule has 0 bridgehead atoms. The van der Waals surface area contributed by atoms with Gasteiger partial charge >= 0.3 is 5.97 Å². The Balaban J connectivity index is 1.49. The molecule has 1 fully saturated rings. The van der Waals surface area contributed by atoms with Gasteiger partial charge in [0.05, 0.1) is 18.1 Å². The highest BCUT2D eigenvalue weighted by Gasteiger charge is 2.38. The molecule has 1 amide bonds. The Morgan fingerprint density at radius 3 is 2.54 bits per heavy atom. The average Bonchev–Trinajstić information content (AvgIpc) is 2.92. The highest BCUT2D eigenvalue weighted by atomic mass is 16.5. The van der Waals surface area contributed by atoms with Crippen LogP contribution in [0.15, 0.2) is 73.1 Å². The Morgan fingerprint density at radius 1 is 1.00 bits per heavy atom. The third-order valence-electron chi connectivity index (χ3n) is 6.69. The molecule has 6 nitrogen and oxygen atoms in total. The van der Waals surface area contributed by atoms with Crippen LogP contribution in [0.25, 0.3) is 0 Å². The smallest absolute Gasteiger partial charge is 0.311 e. The number of aryl methyl sites for hydroxylation is 2. The number of pyridine rings is 1. The standard InChI is InChI=1S/C29H33N3O3/c1-2-35-29(34)27-20-32(14-13-26(27)24-10-6-9-22(15-24)17-30)28(33)25-16-23(18-31-19-25)12-11-21-7-4-3-5-8-21/h3-10,15-16,18-19,26-27H,2,11-14,17,20,30H2,1H3/t26-,27-/m0/s1. The number of rotatable bonds is 8. The lowest BCUT2D eigenvalue weighted by atomic mass is 9.79. The van der Waals surface area contributed by atoms with Crippen molar-refractivity contribution in [2.45, 2.75) is 38.6 Å². The summed E-state index contributed by atoms with van der Waals surface area (Å²) in [5.74, 6) is -0.791. The fourth-order valence-corrected chi connectivity index (χ4v) is 4.83. The van der Waals surface area contributed by atoms with Crippen molar-refractivity contribution < 1.29 is 14.3 Å². The van der Waals surface area contributed by atoms with Gasteiger partial charge in [0.2, 0.25) is 0 Å². The van der Waals surface area contributed by atoms with Gasteiger partial charge in [-0.2, -0.15) is 0 Å². The van der Waals surface area contributed by atoms with Crippen LogP contribution in [0.5, 0.6) is 0 Å². The lowest BCUT2D eigenvalue weighted by Crippen LogP contribution is -2.46. The number of esters is 1. The van der Waals surface area contributed by atoms with E-state index in [0.29, 0.717) is 38.2 Å². The van der Waals surface area contributed by atoms with E-state index in [9.17, 15) is 9.59 Å². The minimum atomic E-state index is -0.421. The second-order valence-corrected chi connectivity index (χ2v) is 9.02. The van der Waals surface area contributed by atoms with Gasteiger partial charge in [-0.15, -0.1) is 0 Å². The van der Waals surface area contributed by atoms with Gasteiger partial charge in [0, 0.05) is 37.9 Å². The zero-order valence-electron chi connectivity index (χ0n) is 20.2. The molecule has 1 aromatic heterocycles. The number of nitrogens with two attached hydrogens (primary N) is 1. The number of hydrogen-bond acceptors (Lipinski definition) is 5. The molecular formula is C29H33N3O3. The monoisotopic (exact) mass is 471 g/mol. The number of nitrogens with zero attached hydrogens (tertiary/aromatic N) is 2. The second-order valence-electron chi connectivity index (χ2n) is 9.02. The normalized spacial score (nSPS) is 17.7. The topological polar surface area (TPSA) is 85.5 Å². The number of amides is 1. The zero-order valence-corrected chi connectivity index (χ0v) is 20.2. The zero-order chi connectivity index (χ0) is 24.6. The number of carbonyl (C=O) groups excluding carboxylic acids is 2. The molecule has 182 valence electrons. The van der Waals surface area contributed by atoms with Gasteiger partial charge in [0.1, 0.15) is 0 Å². The van der Waals surface area contributed by atoms with E-state index in [1.807, 2.05) is 48.7 Å². The molecular weight excluding hydrogens is 438 g/mol. The highest BCUT2D eigenvalue weighted by molar-refractivity contribution is 5.94. The van der Waals surface area contributed by atoms with Crippen LogP contribution in [0.2, 0.25) is 0 Å². The number of ether oxygens (including phenoxy) is 1. The third kappa shape index (κ3) is 6.14. The molecule has 35 heavy (non-hydrogen) atoms. The SMILES string of the molecule is CCOC(=O)[C@H]1CN(C(=O)c2cncc(CCc3ccccc3)c2)CC[C@H]1c1cccc(CN)c1. The predicted molar refractivity (Wildman–Crippen MR) is 136 cm³/mol. The molecule has 0 unspecified atom stereocenters. The molecule has 3 aromatic rings. The van der Waals surface area contributed by atoms with Gasteiger partial charge in [0.25, 0.3) is 5.91 Å². The summed E-state index contributed by atoms with van der Waals surface area (Å²) in [6, 6.07) is 20.3. The second kappa shape index (κ2) is 11.8. The van der Waals surface area contributed by atoms with Crippen LogP contribution in [-0.2, 0) is 28.9 Å². The van der Waals surface area contributed by atoms with Gasteiger partial charge in [-0.1, -0.05) is 54.6 Å². The van der Waals surface area contributed by atoms with Crippen LogP contribution in [-0.4, -0.2) is 41.5 Å². The first-order chi connectivity index (χ1) is 17.1. The fraction of sp³-hybridized carbons (Fsp3) is 0.345. The van der Waals surface area contributed by atoms with Crippen molar-refractivity contribution in [3.8, 4) is 0 Å². The molecule has 0 spiro atoms. The molecule has 2 atom stereocenters. The van der Waals surface area contributed by atoms with E-state index in [4.69, 9.17) is 10.5 Å². The first-order valence-corrected chi connectivity index (χ1v) is 12.3. The maximum absolute atomic E-state index is 13.4. The van der Waals surface area contributed by atoms with Crippen LogP contribution in [0.1, 0.15) is 51.9 Å². The van der Waals surface area contributed by atoms with Gasteiger partial charge in [0.15, 0.2) is 0 Å². The maximum Gasteiger partial charge on any atom is 0.311 e. The van der Waals surface area contributed by atoms with Gasteiger partial charge in [-0.05, 0) is 54.5 Å².